The summed E-state index contributed by atoms with van der Waals surface area (Å²) < 4.78 is 0. The molecular weight excluding hydrogens is 406 g/mol. The van der Waals surface area contributed by atoms with Gasteiger partial charge < -0.3 is 16.0 Å². The molecule has 2 aromatic rings. The van der Waals surface area contributed by atoms with E-state index < -0.39 is 11.3 Å². The number of aryl methyl sites for hydroxylation is 1. The number of nitrogens with one attached hydrogen (secondary N) is 2. The third-order valence-corrected chi connectivity index (χ3v) is 6.93. The number of carbonyl (C=O) groups is 2. The molecule has 4 N–H and O–H groups in total. The van der Waals surface area contributed by atoms with Gasteiger partial charge in [-0.25, -0.2) is 4.98 Å². The third kappa shape index (κ3) is 2.81. The topological polar surface area (TPSA) is 121 Å². The van der Waals surface area contributed by atoms with Crippen LogP contribution in [-0.2, 0) is 23.1 Å². The summed E-state index contributed by atoms with van der Waals surface area (Å²) in [7, 11) is 0. The number of primary amides is 1. The second-order valence-corrected chi connectivity index (χ2v) is 8.70. The molecular formula is C21H22ClN5O3. The number of amides is 2. The van der Waals surface area contributed by atoms with E-state index in [0.29, 0.717) is 42.6 Å². The molecule has 0 radical (unpaired) electrons. The van der Waals surface area contributed by atoms with Gasteiger partial charge in [0.2, 0.25) is 17.8 Å². The number of aromatic nitrogens is 2. The predicted octanol–water partition coefficient (Wildman–Crippen LogP) is 1.89. The van der Waals surface area contributed by atoms with Gasteiger partial charge in [0.25, 0.3) is 5.56 Å². The van der Waals surface area contributed by atoms with Gasteiger partial charge in [0.1, 0.15) is 0 Å². The number of nitrogens with two attached hydrogens (primary N) is 1. The van der Waals surface area contributed by atoms with E-state index in [-0.39, 0.29) is 17.0 Å². The van der Waals surface area contributed by atoms with E-state index in [4.69, 9.17) is 22.3 Å². The molecule has 1 saturated heterocycles. The van der Waals surface area contributed by atoms with Crippen molar-refractivity contribution in [1.82, 2.24) is 9.97 Å². The first-order chi connectivity index (χ1) is 14.4. The average molecular weight is 428 g/mol. The summed E-state index contributed by atoms with van der Waals surface area (Å²) in [6.07, 6.45) is 4.75. The summed E-state index contributed by atoms with van der Waals surface area (Å²) in [6.45, 7) is 1.12. The number of halogens is 1. The summed E-state index contributed by atoms with van der Waals surface area (Å²) in [5.74, 6) is -0.135. The smallest absolute Gasteiger partial charge is 0.255 e. The number of benzene rings is 1. The molecule has 0 unspecified atom stereocenters. The number of aromatic amines is 1. The minimum atomic E-state index is -0.756. The van der Waals surface area contributed by atoms with Crippen LogP contribution < -0.4 is 21.5 Å². The zero-order valence-corrected chi connectivity index (χ0v) is 17.1. The number of rotatable bonds is 2. The highest BCUT2D eigenvalue weighted by atomic mass is 35.5. The highest BCUT2D eigenvalue weighted by Crippen LogP contribution is 2.48. The van der Waals surface area contributed by atoms with E-state index in [1.165, 1.54) is 6.07 Å². The largest absolute Gasteiger partial charge is 0.366 e. The Labute approximate surface area is 177 Å². The quantitative estimate of drug-likeness (QED) is 0.675. The van der Waals surface area contributed by atoms with E-state index in [1.54, 1.807) is 6.07 Å². The predicted molar refractivity (Wildman–Crippen MR) is 113 cm³/mol. The van der Waals surface area contributed by atoms with Gasteiger partial charge >= 0.3 is 0 Å². The van der Waals surface area contributed by atoms with Crippen molar-refractivity contribution < 1.29 is 9.59 Å². The van der Waals surface area contributed by atoms with Gasteiger partial charge in [-0.15, -0.1) is 0 Å². The fraction of sp³-hybridized carbons (Fsp3) is 0.429. The second-order valence-electron chi connectivity index (χ2n) is 8.29. The van der Waals surface area contributed by atoms with E-state index in [1.807, 2.05) is 4.90 Å². The first-order valence-electron chi connectivity index (χ1n) is 10.2. The number of hydrogen-bond acceptors (Lipinski definition) is 5. The monoisotopic (exact) mass is 427 g/mol. The van der Waals surface area contributed by atoms with Crippen LogP contribution in [-0.4, -0.2) is 34.9 Å². The standard InChI is InChI=1S/C21H22ClN5O3/c22-13-9-11(17(23)28)10-15-16(13)21(19(30)24-15)5-7-27(8-6-21)20-25-14-4-2-1-3-12(14)18(29)26-20/h9-10H,1-8H2,(H2,23,28)(H,24,30)(H,25,26,29). The maximum absolute atomic E-state index is 13.0. The summed E-state index contributed by atoms with van der Waals surface area (Å²) in [5.41, 5.74) is 7.81. The molecule has 1 spiro atoms. The molecule has 5 rings (SSSR count). The first-order valence-corrected chi connectivity index (χ1v) is 10.6. The minimum absolute atomic E-state index is 0.0547. The lowest BCUT2D eigenvalue weighted by molar-refractivity contribution is -0.121. The Hall–Kier alpha value is -2.87. The van der Waals surface area contributed by atoms with E-state index in [9.17, 15) is 14.4 Å². The second kappa shape index (κ2) is 6.84. The van der Waals surface area contributed by atoms with Crippen LogP contribution in [0.4, 0.5) is 11.6 Å². The summed E-state index contributed by atoms with van der Waals surface area (Å²) in [4.78, 5) is 46.6. The molecule has 0 saturated carbocycles. The fourth-order valence-electron chi connectivity index (χ4n) is 5.01. The molecule has 8 nitrogen and oxygen atoms in total. The van der Waals surface area contributed by atoms with Crippen molar-refractivity contribution in [3.05, 3.63) is 49.9 Å². The van der Waals surface area contributed by atoms with Gasteiger partial charge in [-0.3, -0.25) is 19.4 Å². The molecule has 1 aromatic heterocycles. The van der Waals surface area contributed by atoms with Gasteiger partial charge in [-0.05, 0) is 50.7 Å². The van der Waals surface area contributed by atoms with Crippen LogP contribution in [0, 0.1) is 0 Å². The number of H-pyrrole nitrogens is 1. The van der Waals surface area contributed by atoms with Gasteiger partial charge in [-0.1, -0.05) is 11.6 Å². The van der Waals surface area contributed by atoms with Crippen molar-refractivity contribution in [3.8, 4) is 0 Å². The van der Waals surface area contributed by atoms with Crippen LogP contribution in [0.5, 0.6) is 0 Å². The van der Waals surface area contributed by atoms with Gasteiger partial charge in [0, 0.05) is 40.5 Å². The fourth-order valence-corrected chi connectivity index (χ4v) is 5.41. The zero-order chi connectivity index (χ0) is 21.0. The molecule has 1 aromatic carbocycles. The van der Waals surface area contributed by atoms with Crippen LogP contribution in [0.1, 0.15) is 52.9 Å². The van der Waals surface area contributed by atoms with Crippen molar-refractivity contribution in [2.24, 2.45) is 5.73 Å². The molecule has 0 bridgehead atoms. The van der Waals surface area contributed by atoms with Gasteiger partial charge in [-0.2, -0.15) is 0 Å². The maximum atomic E-state index is 13.0. The Bertz CT molecular complexity index is 1130. The lowest BCUT2D eigenvalue weighted by Crippen LogP contribution is -2.47. The lowest BCUT2D eigenvalue weighted by Gasteiger charge is -2.38. The summed E-state index contributed by atoms with van der Waals surface area (Å²) in [6, 6.07) is 3.12. The van der Waals surface area contributed by atoms with Crippen molar-refractivity contribution in [2.45, 2.75) is 43.9 Å². The van der Waals surface area contributed by atoms with Crippen molar-refractivity contribution in [3.63, 3.8) is 0 Å². The number of anilines is 2. The number of hydrogen-bond donors (Lipinski definition) is 3. The molecule has 1 fully saturated rings. The lowest BCUT2D eigenvalue weighted by atomic mass is 9.73. The molecule has 1 aliphatic carbocycles. The van der Waals surface area contributed by atoms with Crippen LogP contribution in [0.25, 0.3) is 0 Å². The van der Waals surface area contributed by atoms with E-state index in [0.717, 1.165) is 42.5 Å². The molecule has 3 heterocycles. The summed E-state index contributed by atoms with van der Waals surface area (Å²) >= 11 is 6.49. The molecule has 3 aliphatic rings. The highest BCUT2D eigenvalue weighted by Gasteiger charge is 2.50. The number of fused-ring (bicyclic) bond motifs is 3. The maximum Gasteiger partial charge on any atom is 0.255 e. The SMILES string of the molecule is NC(=O)c1cc(Cl)c2c(c1)NC(=O)C21CCN(c2nc3c(c(=O)[nH]2)CCCC3)CC1. The molecule has 2 amide bonds. The molecule has 0 atom stereocenters. The Morgan fingerprint density at radius 1 is 1.17 bits per heavy atom. The Morgan fingerprint density at radius 3 is 2.63 bits per heavy atom. The number of nitrogens with zero attached hydrogens (tertiary/aromatic N) is 2. The molecule has 2 aliphatic heterocycles. The average Bonchev–Trinajstić information content (AvgIpc) is 3.00. The van der Waals surface area contributed by atoms with Crippen LogP contribution in [0.3, 0.4) is 0 Å². The van der Waals surface area contributed by atoms with Crippen LogP contribution in [0.15, 0.2) is 16.9 Å². The first kappa shape index (κ1) is 19.1. The third-order valence-electron chi connectivity index (χ3n) is 6.63. The van der Waals surface area contributed by atoms with Crippen LogP contribution >= 0.6 is 11.6 Å². The Balaban J connectivity index is 1.44. The normalized spacial score (nSPS) is 19.4. The number of piperidine rings is 1. The van der Waals surface area contributed by atoms with E-state index in [2.05, 4.69) is 10.3 Å². The summed E-state index contributed by atoms with van der Waals surface area (Å²) in [5, 5.41) is 3.24. The highest BCUT2D eigenvalue weighted by molar-refractivity contribution is 6.33. The van der Waals surface area contributed by atoms with Crippen molar-refractivity contribution in [1.29, 1.82) is 0 Å². The van der Waals surface area contributed by atoms with Gasteiger partial charge in [0.05, 0.1) is 11.1 Å². The Kier molecular flexibility index (Phi) is 4.36. The van der Waals surface area contributed by atoms with Gasteiger partial charge in [0.15, 0.2) is 0 Å². The Morgan fingerprint density at radius 2 is 1.90 bits per heavy atom. The molecule has 9 heteroatoms. The molecule has 30 heavy (non-hydrogen) atoms. The van der Waals surface area contributed by atoms with Crippen molar-refractivity contribution in [2.75, 3.05) is 23.3 Å². The van der Waals surface area contributed by atoms with Crippen molar-refractivity contribution >= 4 is 35.1 Å². The number of carbonyl (C=O) groups excluding carboxylic acids is 2. The minimum Gasteiger partial charge on any atom is -0.366 e. The van der Waals surface area contributed by atoms with E-state index >= 15 is 0 Å². The zero-order valence-electron chi connectivity index (χ0n) is 16.4. The molecule has 156 valence electrons. The van der Waals surface area contributed by atoms with Crippen LogP contribution in [0.2, 0.25) is 5.02 Å².